The summed E-state index contributed by atoms with van der Waals surface area (Å²) in [6.45, 7) is 3.27. The van der Waals surface area contributed by atoms with Crippen molar-refractivity contribution in [3.63, 3.8) is 0 Å². The Labute approximate surface area is 111 Å². The Kier molecular flexibility index (Phi) is 12.1. The fraction of sp³-hybridized carbons (Fsp3) is 0.923. The molecule has 4 heteroatoms. The molecule has 0 bridgehead atoms. The number of hydrogen-bond acceptors (Lipinski definition) is 4. The number of hydrogen-bond donors (Lipinski definition) is 1. The van der Waals surface area contributed by atoms with Crippen LogP contribution in [0.5, 0.6) is 0 Å². The molecular weight excluding hydrogens is 236 g/mol. The lowest BCUT2D eigenvalue weighted by Crippen LogP contribution is -2.20. The quantitative estimate of drug-likeness (QED) is 0.353. The largest absolute Gasteiger partial charge is 0.465 e. The molecule has 0 radical (unpaired) electrons. The standard InChI is InChI=1S/C13H26O3S/c1-3-4-5-6-7-8-10-16-13(14)12(17)9-11-15-2/h12,17H,3-11H2,1-2H3. The predicted octanol–water partition coefficient (Wildman–Crippen LogP) is 3.23. The van der Waals surface area contributed by atoms with Gasteiger partial charge in [0.15, 0.2) is 0 Å². The van der Waals surface area contributed by atoms with Crippen molar-refractivity contribution in [1.82, 2.24) is 0 Å². The summed E-state index contributed by atoms with van der Waals surface area (Å²) in [5.41, 5.74) is 0. The number of unbranched alkanes of at least 4 members (excludes halogenated alkanes) is 5. The van der Waals surface area contributed by atoms with E-state index in [4.69, 9.17) is 9.47 Å². The van der Waals surface area contributed by atoms with Gasteiger partial charge in [-0.15, -0.1) is 0 Å². The Bertz CT molecular complexity index is 186. The van der Waals surface area contributed by atoms with Crippen molar-refractivity contribution >= 4 is 18.6 Å². The maximum atomic E-state index is 11.4. The van der Waals surface area contributed by atoms with Crippen molar-refractivity contribution in [2.45, 2.75) is 57.1 Å². The third-order valence-electron chi connectivity index (χ3n) is 2.61. The van der Waals surface area contributed by atoms with Crippen LogP contribution in [0.3, 0.4) is 0 Å². The van der Waals surface area contributed by atoms with E-state index in [1.807, 2.05) is 0 Å². The molecule has 0 saturated carbocycles. The van der Waals surface area contributed by atoms with Gasteiger partial charge in [-0.3, -0.25) is 4.79 Å². The molecular formula is C13H26O3S. The smallest absolute Gasteiger partial charge is 0.318 e. The van der Waals surface area contributed by atoms with E-state index in [1.165, 1.54) is 25.7 Å². The van der Waals surface area contributed by atoms with Crippen molar-refractivity contribution in [1.29, 1.82) is 0 Å². The van der Waals surface area contributed by atoms with Gasteiger partial charge in [0.25, 0.3) is 0 Å². The first kappa shape index (κ1) is 16.8. The molecule has 102 valence electrons. The van der Waals surface area contributed by atoms with Gasteiger partial charge in [0, 0.05) is 13.7 Å². The second-order valence-corrected chi connectivity index (χ2v) is 4.86. The Morgan fingerprint density at radius 3 is 2.41 bits per heavy atom. The van der Waals surface area contributed by atoms with Crippen LogP contribution in [0.2, 0.25) is 0 Å². The normalized spacial score (nSPS) is 12.4. The summed E-state index contributed by atoms with van der Waals surface area (Å²) in [5.74, 6) is -0.223. The average Bonchev–Trinajstić information content (AvgIpc) is 2.34. The third kappa shape index (κ3) is 10.6. The van der Waals surface area contributed by atoms with Crippen molar-refractivity contribution in [2.75, 3.05) is 20.3 Å². The molecule has 3 nitrogen and oxygen atoms in total. The Morgan fingerprint density at radius 2 is 1.76 bits per heavy atom. The van der Waals surface area contributed by atoms with Gasteiger partial charge in [-0.1, -0.05) is 39.0 Å². The van der Waals surface area contributed by atoms with E-state index in [0.29, 0.717) is 19.6 Å². The second-order valence-electron chi connectivity index (χ2n) is 4.23. The summed E-state index contributed by atoms with van der Waals surface area (Å²) >= 11 is 4.18. The molecule has 0 aliphatic carbocycles. The maximum absolute atomic E-state index is 11.4. The zero-order valence-electron chi connectivity index (χ0n) is 11.1. The van der Waals surface area contributed by atoms with E-state index in [1.54, 1.807) is 7.11 Å². The topological polar surface area (TPSA) is 35.5 Å². The highest BCUT2D eigenvalue weighted by molar-refractivity contribution is 7.81. The zero-order valence-corrected chi connectivity index (χ0v) is 12.0. The van der Waals surface area contributed by atoms with E-state index in [2.05, 4.69) is 19.6 Å². The number of carbonyl (C=O) groups is 1. The van der Waals surface area contributed by atoms with Crippen molar-refractivity contribution in [3.05, 3.63) is 0 Å². The van der Waals surface area contributed by atoms with Crippen LogP contribution in [0.1, 0.15) is 51.9 Å². The highest BCUT2D eigenvalue weighted by atomic mass is 32.1. The lowest BCUT2D eigenvalue weighted by Gasteiger charge is -2.10. The summed E-state index contributed by atoms with van der Waals surface area (Å²) in [6, 6.07) is 0. The fourth-order valence-electron chi connectivity index (χ4n) is 1.50. The summed E-state index contributed by atoms with van der Waals surface area (Å²) in [4.78, 5) is 11.4. The van der Waals surface area contributed by atoms with Gasteiger partial charge in [-0.2, -0.15) is 12.6 Å². The number of carbonyl (C=O) groups excluding carboxylic acids is 1. The van der Waals surface area contributed by atoms with Gasteiger partial charge in [0.1, 0.15) is 5.25 Å². The fourth-order valence-corrected chi connectivity index (χ4v) is 1.68. The monoisotopic (exact) mass is 262 g/mol. The predicted molar refractivity (Wildman–Crippen MR) is 73.6 cm³/mol. The summed E-state index contributed by atoms with van der Waals surface area (Å²) in [7, 11) is 1.61. The number of methoxy groups -OCH3 is 1. The highest BCUT2D eigenvalue weighted by Crippen LogP contribution is 2.07. The number of rotatable bonds is 11. The third-order valence-corrected chi connectivity index (χ3v) is 3.08. The maximum Gasteiger partial charge on any atom is 0.318 e. The van der Waals surface area contributed by atoms with E-state index in [-0.39, 0.29) is 11.2 Å². The van der Waals surface area contributed by atoms with Gasteiger partial charge in [-0.25, -0.2) is 0 Å². The van der Waals surface area contributed by atoms with Crippen LogP contribution in [-0.4, -0.2) is 31.5 Å². The SMILES string of the molecule is CCCCCCCCOC(=O)C(S)CCOC. The van der Waals surface area contributed by atoms with Crippen LogP contribution in [0.4, 0.5) is 0 Å². The first-order valence-electron chi connectivity index (χ1n) is 6.56. The molecule has 0 heterocycles. The van der Waals surface area contributed by atoms with Gasteiger partial charge in [-0.05, 0) is 12.8 Å². The van der Waals surface area contributed by atoms with Crippen molar-refractivity contribution < 1.29 is 14.3 Å². The minimum absolute atomic E-state index is 0.223. The average molecular weight is 262 g/mol. The van der Waals surface area contributed by atoms with Crippen LogP contribution < -0.4 is 0 Å². The minimum Gasteiger partial charge on any atom is -0.465 e. The summed E-state index contributed by atoms with van der Waals surface area (Å²) in [6.07, 6.45) is 7.79. The minimum atomic E-state index is -0.352. The molecule has 0 fully saturated rings. The van der Waals surface area contributed by atoms with Gasteiger partial charge in [0.05, 0.1) is 6.61 Å². The van der Waals surface area contributed by atoms with Gasteiger partial charge < -0.3 is 9.47 Å². The molecule has 1 unspecified atom stereocenters. The molecule has 0 aromatic rings. The number of thiol groups is 1. The Morgan fingerprint density at radius 1 is 1.12 bits per heavy atom. The molecule has 1 atom stereocenters. The zero-order chi connectivity index (χ0) is 12.9. The Balaban J connectivity index is 3.32. The number of ether oxygens (including phenoxy) is 2. The van der Waals surface area contributed by atoms with E-state index in [9.17, 15) is 4.79 Å². The first-order valence-corrected chi connectivity index (χ1v) is 7.07. The van der Waals surface area contributed by atoms with Crippen LogP contribution in [0, 0.1) is 0 Å². The van der Waals surface area contributed by atoms with Crippen LogP contribution in [0.15, 0.2) is 0 Å². The summed E-state index contributed by atoms with van der Waals surface area (Å²) < 4.78 is 10.0. The molecule has 0 aliphatic rings. The molecule has 17 heavy (non-hydrogen) atoms. The van der Waals surface area contributed by atoms with E-state index >= 15 is 0 Å². The highest BCUT2D eigenvalue weighted by Gasteiger charge is 2.14. The molecule has 0 aromatic heterocycles. The molecule has 0 rings (SSSR count). The molecule has 0 amide bonds. The Hall–Kier alpha value is -0.220. The van der Waals surface area contributed by atoms with Crippen molar-refractivity contribution in [2.24, 2.45) is 0 Å². The lowest BCUT2D eigenvalue weighted by atomic mass is 10.1. The molecule has 0 saturated heterocycles. The second kappa shape index (κ2) is 12.2. The lowest BCUT2D eigenvalue weighted by molar-refractivity contribution is -0.143. The van der Waals surface area contributed by atoms with Crippen LogP contribution >= 0.6 is 12.6 Å². The molecule has 0 aromatic carbocycles. The van der Waals surface area contributed by atoms with Crippen molar-refractivity contribution in [3.8, 4) is 0 Å². The molecule has 0 spiro atoms. The van der Waals surface area contributed by atoms with Crippen LogP contribution in [0.25, 0.3) is 0 Å². The summed E-state index contributed by atoms with van der Waals surface area (Å²) in [5, 5.41) is -0.352. The first-order chi connectivity index (χ1) is 8.22. The van der Waals surface area contributed by atoms with Gasteiger partial charge in [0.2, 0.25) is 0 Å². The van der Waals surface area contributed by atoms with E-state index in [0.717, 1.165) is 12.8 Å². The van der Waals surface area contributed by atoms with Gasteiger partial charge >= 0.3 is 5.97 Å². The molecule has 0 aliphatic heterocycles. The number of esters is 1. The van der Waals surface area contributed by atoms with E-state index < -0.39 is 0 Å². The molecule has 0 N–H and O–H groups in total. The van der Waals surface area contributed by atoms with Crippen LogP contribution in [-0.2, 0) is 14.3 Å².